The van der Waals surface area contributed by atoms with Crippen LogP contribution in [0.4, 0.5) is 5.82 Å². The van der Waals surface area contributed by atoms with E-state index in [1.807, 2.05) is 50.2 Å². The summed E-state index contributed by atoms with van der Waals surface area (Å²) in [6, 6.07) is 7.77. The van der Waals surface area contributed by atoms with Crippen LogP contribution in [0.5, 0.6) is 5.75 Å². The third kappa shape index (κ3) is 3.63. The maximum Gasteiger partial charge on any atom is 0.268 e. The average Bonchev–Trinajstić information content (AvgIpc) is 3.03. The van der Waals surface area contributed by atoms with Crippen molar-refractivity contribution >= 4 is 5.82 Å². The highest BCUT2D eigenvalue weighted by molar-refractivity contribution is 5.47. The van der Waals surface area contributed by atoms with Crippen molar-refractivity contribution in [1.29, 1.82) is 0 Å². The fourth-order valence-electron chi connectivity index (χ4n) is 1.86. The van der Waals surface area contributed by atoms with Crippen LogP contribution in [0.15, 0.2) is 41.1 Å². The van der Waals surface area contributed by atoms with Crippen molar-refractivity contribution in [3.8, 4) is 17.3 Å². The summed E-state index contributed by atoms with van der Waals surface area (Å²) in [4.78, 5) is 10.4. The fraction of sp³-hybridized carbons (Fsp3) is 0.250. The molecule has 0 saturated heterocycles. The molecular weight excluding hydrogens is 294 g/mol. The molecule has 23 heavy (non-hydrogen) atoms. The van der Waals surface area contributed by atoms with E-state index in [9.17, 15) is 0 Å². The monoisotopic (exact) mass is 311 g/mol. The molecule has 7 nitrogen and oxygen atoms in total. The van der Waals surface area contributed by atoms with E-state index in [2.05, 4.69) is 20.2 Å². The molecule has 0 radical (unpaired) electrons. The van der Waals surface area contributed by atoms with Crippen LogP contribution in [0.25, 0.3) is 11.6 Å². The first-order valence-corrected chi connectivity index (χ1v) is 7.13. The molecule has 0 fully saturated rings. The minimum atomic E-state index is 0.208. The number of aromatic nitrogens is 4. The van der Waals surface area contributed by atoms with Gasteiger partial charge < -0.3 is 14.1 Å². The highest BCUT2D eigenvalue weighted by Crippen LogP contribution is 2.18. The molecule has 3 rings (SSSR count). The van der Waals surface area contributed by atoms with Gasteiger partial charge in [0.1, 0.15) is 17.3 Å². The molecule has 118 valence electrons. The Balaban J connectivity index is 1.66. The summed E-state index contributed by atoms with van der Waals surface area (Å²) in [5.74, 6) is 2.23. The van der Waals surface area contributed by atoms with Crippen molar-refractivity contribution < 1.29 is 9.15 Å². The lowest BCUT2D eigenvalue weighted by molar-refractivity contribution is 0.264. The summed E-state index contributed by atoms with van der Waals surface area (Å²) in [6.45, 7) is 2.23. The lowest BCUT2D eigenvalue weighted by Gasteiger charge is -2.09. The lowest BCUT2D eigenvalue weighted by Crippen LogP contribution is -2.10. The smallest absolute Gasteiger partial charge is 0.268 e. The van der Waals surface area contributed by atoms with Crippen LogP contribution in [0.3, 0.4) is 0 Å². The zero-order valence-electron chi connectivity index (χ0n) is 13.2. The largest absolute Gasteiger partial charge is 0.484 e. The van der Waals surface area contributed by atoms with Crippen molar-refractivity contribution in [3.63, 3.8) is 0 Å². The third-order valence-electron chi connectivity index (χ3n) is 3.17. The summed E-state index contributed by atoms with van der Waals surface area (Å²) in [5.41, 5.74) is 1.71. The van der Waals surface area contributed by atoms with Crippen LogP contribution in [0, 0.1) is 6.92 Å². The van der Waals surface area contributed by atoms with Gasteiger partial charge in [-0.3, -0.25) is 0 Å². The van der Waals surface area contributed by atoms with Gasteiger partial charge in [0.15, 0.2) is 6.61 Å². The first kappa shape index (κ1) is 15.0. The van der Waals surface area contributed by atoms with Gasteiger partial charge in [-0.1, -0.05) is 17.7 Å². The van der Waals surface area contributed by atoms with Crippen LogP contribution in [-0.4, -0.2) is 34.3 Å². The van der Waals surface area contributed by atoms with Gasteiger partial charge in [-0.25, -0.2) is 9.97 Å². The molecule has 0 N–H and O–H groups in total. The molecule has 7 heteroatoms. The van der Waals surface area contributed by atoms with Crippen molar-refractivity contribution in [2.24, 2.45) is 0 Å². The SMILES string of the molecule is Cc1ccc(OCc2nnc(-c3cnc(N(C)C)cn3)o2)cc1. The summed E-state index contributed by atoms with van der Waals surface area (Å²) in [7, 11) is 3.80. The first-order valence-electron chi connectivity index (χ1n) is 7.13. The number of ether oxygens (including phenoxy) is 1. The Morgan fingerprint density at radius 1 is 1.04 bits per heavy atom. The fourth-order valence-corrected chi connectivity index (χ4v) is 1.86. The number of rotatable bonds is 5. The molecule has 2 aromatic heterocycles. The normalized spacial score (nSPS) is 10.6. The Labute approximate surface area is 134 Å². The Morgan fingerprint density at radius 2 is 1.83 bits per heavy atom. The van der Waals surface area contributed by atoms with Crippen molar-refractivity contribution in [2.45, 2.75) is 13.5 Å². The Bertz CT molecular complexity index is 766. The molecule has 0 amide bonds. The highest BCUT2D eigenvalue weighted by atomic mass is 16.5. The Kier molecular flexibility index (Phi) is 4.18. The first-order chi connectivity index (χ1) is 11.1. The van der Waals surface area contributed by atoms with Gasteiger partial charge in [0.2, 0.25) is 0 Å². The van der Waals surface area contributed by atoms with E-state index in [4.69, 9.17) is 9.15 Å². The molecule has 2 heterocycles. The Hall–Kier alpha value is -2.96. The van der Waals surface area contributed by atoms with Crippen LogP contribution < -0.4 is 9.64 Å². The van der Waals surface area contributed by atoms with E-state index in [-0.39, 0.29) is 6.61 Å². The number of hydrogen-bond acceptors (Lipinski definition) is 7. The zero-order chi connectivity index (χ0) is 16.2. The molecule has 1 aromatic carbocycles. The van der Waals surface area contributed by atoms with E-state index >= 15 is 0 Å². The van der Waals surface area contributed by atoms with Crippen LogP contribution in [0.1, 0.15) is 11.5 Å². The van der Waals surface area contributed by atoms with E-state index in [1.54, 1.807) is 12.4 Å². The molecule has 0 atom stereocenters. The zero-order valence-corrected chi connectivity index (χ0v) is 13.2. The maximum atomic E-state index is 5.61. The molecule has 0 aliphatic rings. The molecular formula is C16H17N5O2. The number of anilines is 1. The molecule has 0 saturated carbocycles. The highest BCUT2D eigenvalue weighted by Gasteiger charge is 2.11. The number of aryl methyl sites for hydroxylation is 1. The minimum Gasteiger partial charge on any atom is -0.484 e. The van der Waals surface area contributed by atoms with Gasteiger partial charge in [-0.05, 0) is 19.1 Å². The second-order valence-corrected chi connectivity index (χ2v) is 5.26. The van der Waals surface area contributed by atoms with Crippen LogP contribution in [0.2, 0.25) is 0 Å². The summed E-state index contributed by atoms with van der Waals surface area (Å²) < 4.78 is 11.2. The minimum absolute atomic E-state index is 0.208. The lowest BCUT2D eigenvalue weighted by atomic mass is 10.2. The van der Waals surface area contributed by atoms with Gasteiger partial charge in [0.25, 0.3) is 11.8 Å². The summed E-state index contributed by atoms with van der Waals surface area (Å²) >= 11 is 0. The predicted molar refractivity (Wildman–Crippen MR) is 85.2 cm³/mol. The molecule has 0 spiro atoms. The van der Waals surface area contributed by atoms with Crippen LogP contribution >= 0.6 is 0 Å². The maximum absolute atomic E-state index is 5.61. The van der Waals surface area contributed by atoms with E-state index in [0.717, 1.165) is 11.6 Å². The van der Waals surface area contributed by atoms with E-state index < -0.39 is 0 Å². The van der Waals surface area contributed by atoms with Crippen LogP contribution in [-0.2, 0) is 6.61 Å². The second kappa shape index (κ2) is 6.43. The number of benzene rings is 1. The standard InChI is InChI=1S/C16H17N5O2/c1-11-4-6-12(7-5-11)22-10-15-19-20-16(23-15)13-8-18-14(9-17-13)21(2)3/h4-9H,10H2,1-3H3. The second-order valence-electron chi connectivity index (χ2n) is 5.26. The molecule has 0 unspecified atom stereocenters. The molecule has 0 aliphatic heterocycles. The van der Waals surface area contributed by atoms with Crippen molar-refractivity contribution in [1.82, 2.24) is 20.2 Å². The van der Waals surface area contributed by atoms with Gasteiger partial charge in [-0.2, -0.15) is 0 Å². The topological polar surface area (TPSA) is 77.2 Å². The van der Waals surface area contributed by atoms with Crippen molar-refractivity contribution in [2.75, 3.05) is 19.0 Å². The quantitative estimate of drug-likeness (QED) is 0.716. The van der Waals surface area contributed by atoms with Gasteiger partial charge in [0.05, 0.1) is 12.4 Å². The average molecular weight is 311 g/mol. The van der Waals surface area contributed by atoms with E-state index in [0.29, 0.717) is 17.5 Å². The van der Waals surface area contributed by atoms with Gasteiger partial charge >= 0.3 is 0 Å². The number of nitrogens with zero attached hydrogens (tertiary/aromatic N) is 5. The van der Waals surface area contributed by atoms with Gasteiger partial charge in [-0.15, -0.1) is 10.2 Å². The predicted octanol–water partition coefficient (Wildman–Crippen LogP) is 2.48. The van der Waals surface area contributed by atoms with Crippen molar-refractivity contribution in [3.05, 3.63) is 48.1 Å². The summed E-state index contributed by atoms with van der Waals surface area (Å²) in [5, 5.41) is 7.94. The van der Waals surface area contributed by atoms with Gasteiger partial charge in [0, 0.05) is 14.1 Å². The third-order valence-corrected chi connectivity index (χ3v) is 3.17. The molecule has 3 aromatic rings. The van der Waals surface area contributed by atoms with E-state index in [1.165, 1.54) is 5.56 Å². The molecule has 0 aliphatic carbocycles. The molecule has 0 bridgehead atoms. The Morgan fingerprint density at radius 3 is 2.48 bits per heavy atom. The number of hydrogen-bond donors (Lipinski definition) is 0. The summed E-state index contributed by atoms with van der Waals surface area (Å²) in [6.07, 6.45) is 3.26.